The molecule has 4 nitrogen and oxygen atoms in total. The first-order valence-corrected chi connectivity index (χ1v) is 10.4. The maximum Gasteiger partial charge on any atom is 0.206 e. The van der Waals surface area contributed by atoms with Gasteiger partial charge in [-0.05, 0) is 50.6 Å². The molecule has 148 valence electrons. The van der Waals surface area contributed by atoms with Gasteiger partial charge in [-0.2, -0.15) is 15.5 Å². The van der Waals surface area contributed by atoms with Crippen molar-refractivity contribution in [3.05, 3.63) is 107 Å². The van der Waals surface area contributed by atoms with E-state index in [0.717, 1.165) is 55.6 Å². The van der Waals surface area contributed by atoms with Gasteiger partial charge >= 0.3 is 0 Å². The number of rotatable bonds is 2. The van der Waals surface area contributed by atoms with E-state index in [1.54, 1.807) is 0 Å². The van der Waals surface area contributed by atoms with Crippen molar-refractivity contribution < 1.29 is 0 Å². The number of nitrogens with one attached hydrogen (secondary N) is 1. The summed E-state index contributed by atoms with van der Waals surface area (Å²) in [7, 11) is 0. The van der Waals surface area contributed by atoms with Crippen LogP contribution in [0.25, 0.3) is 33.4 Å². The highest BCUT2D eigenvalue weighted by Gasteiger charge is 2.37. The number of hydrogen-bond acceptors (Lipinski definition) is 4. The molecule has 1 atom stereocenters. The second-order valence-corrected chi connectivity index (χ2v) is 7.89. The van der Waals surface area contributed by atoms with Gasteiger partial charge in [0.25, 0.3) is 0 Å². The molecule has 6 rings (SSSR count). The molecular formula is C28H16N4. The normalized spacial score (nSPS) is 15.8. The smallest absolute Gasteiger partial charge is 0.206 e. The van der Waals surface area contributed by atoms with Crippen LogP contribution in [0.15, 0.2) is 89.9 Å². The van der Waals surface area contributed by atoms with Gasteiger partial charge in [0, 0.05) is 11.1 Å². The van der Waals surface area contributed by atoms with Gasteiger partial charge in [0.15, 0.2) is 6.19 Å². The van der Waals surface area contributed by atoms with Gasteiger partial charge in [-0.3, -0.25) is 0 Å². The minimum absolute atomic E-state index is 0.219. The number of hydrogen-bond donors (Lipinski definition) is 1. The quantitative estimate of drug-likeness (QED) is 0.297. The molecule has 0 fully saturated rings. The van der Waals surface area contributed by atoms with Crippen LogP contribution >= 0.6 is 0 Å². The summed E-state index contributed by atoms with van der Waals surface area (Å²) in [6.45, 7) is 0. The van der Waals surface area contributed by atoms with E-state index in [1.165, 1.54) is 0 Å². The molecule has 0 aromatic heterocycles. The molecule has 0 heterocycles. The van der Waals surface area contributed by atoms with E-state index in [2.05, 4.69) is 52.9 Å². The molecule has 1 N–H and O–H groups in total. The summed E-state index contributed by atoms with van der Waals surface area (Å²) < 4.78 is 0. The first kappa shape index (κ1) is 18.1. The zero-order valence-electron chi connectivity index (χ0n) is 17.0. The maximum atomic E-state index is 9.52. The van der Waals surface area contributed by atoms with Gasteiger partial charge in [-0.15, -0.1) is 0 Å². The summed E-state index contributed by atoms with van der Waals surface area (Å²) in [5, 5.41) is 22.0. The largest absolute Gasteiger partial charge is 0.312 e. The molecule has 2 aliphatic carbocycles. The lowest BCUT2D eigenvalue weighted by atomic mass is 9.86. The highest BCUT2D eigenvalue weighted by atomic mass is 14.9. The number of nitriles is 2. The molecule has 0 radical (unpaired) electrons. The summed E-state index contributed by atoms with van der Waals surface area (Å²) in [6, 6.07) is 28.5. The van der Waals surface area contributed by atoms with E-state index in [0.29, 0.717) is 5.71 Å². The minimum Gasteiger partial charge on any atom is -0.312 e. The molecule has 0 bridgehead atoms. The van der Waals surface area contributed by atoms with Crippen LogP contribution < -0.4 is 5.32 Å². The Morgan fingerprint density at radius 3 is 2.09 bits per heavy atom. The van der Waals surface area contributed by atoms with Gasteiger partial charge in [0.05, 0.1) is 11.8 Å². The monoisotopic (exact) mass is 408 g/mol. The Kier molecular flexibility index (Phi) is 3.93. The van der Waals surface area contributed by atoms with Crippen LogP contribution in [0.5, 0.6) is 0 Å². The molecule has 4 heteroatoms. The van der Waals surface area contributed by atoms with E-state index in [9.17, 15) is 10.5 Å². The third kappa shape index (κ3) is 2.38. The molecule has 4 aromatic carbocycles. The molecule has 0 aliphatic heterocycles. The Morgan fingerprint density at radius 2 is 1.34 bits per heavy atom. The zero-order chi connectivity index (χ0) is 21.7. The van der Waals surface area contributed by atoms with E-state index in [4.69, 9.17) is 0 Å². The van der Waals surface area contributed by atoms with E-state index in [-0.39, 0.29) is 6.04 Å². The number of benzene rings is 4. The Balaban J connectivity index is 1.80. The maximum absolute atomic E-state index is 9.52. The second kappa shape index (κ2) is 6.94. The first-order chi connectivity index (χ1) is 15.8. The summed E-state index contributed by atoms with van der Waals surface area (Å²) >= 11 is 0. The molecule has 32 heavy (non-hydrogen) atoms. The van der Waals surface area contributed by atoms with E-state index in [1.807, 2.05) is 54.7 Å². The third-order valence-electron chi connectivity index (χ3n) is 6.35. The van der Waals surface area contributed by atoms with Crippen LogP contribution in [0.2, 0.25) is 0 Å². The average Bonchev–Trinajstić information content (AvgIpc) is 3.32. The fraction of sp³-hybridized carbons (Fsp3) is 0.0357. The predicted octanol–water partition coefficient (Wildman–Crippen LogP) is 5.79. The van der Waals surface area contributed by atoms with Crippen molar-refractivity contribution in [2.24, 2.45) is 4.99 Å². The van der Waals surface area contributed by atoms with Crippen LogP contribution in [-0.4, -0.2) is 5.71 Å². The van der Waals surface area contributed by atoms with Gasteiger partial charge < -0.3 is 5.32 Å². The first-order valence-electron chi connectivity index (χ1n) is 10.4. The lowest BCUT2D eigenvalue weighted by Gasteiger charge is -2.18. The summed E-state index contributed by atoms with van der Waals surface area (Å²) in [5.74, 6) is 0. The molecule has 0 saturated heterocycles. The van der Waals surface area contributed by atoms with Crippen molar-refractivity contribution in [2.45, 2.75) is 6.04 Å². The van der Waals surface area contributed by atoms with Gasteiger partial charge in [-0.25, -0.2) is 0 Å². The second-order valence-electron chi connectivity index (χ2n) is 7.89. The van der Waals surface area contributed by atoms with Crippen molar-refractivity contribution in [3.63, 3.8) is 0 Å². The SMILES string of the molecule is N#C/N=C1\c2ccccc2-c2cc3c(c(-c4ccccc4)c21)-c1ccccc1C3NC#N. The van der Waals surface area contributed by atoms with Crippen molar-refractivity contribution in [1.29, 1.82) is 10.5 Å². The lowest BCUT2D eigenvalue weighted by molar-refractivity contribution is 0.760. The van der Waals surface area contributed by atoms with Crippen molar-refractivity contribution in [1.82, 2.24) is 5.32 Å². The fourth-order valence-corrected chi connectivity index (χ4v) is 5.16. The van der Waals surface area contributed by atoms with Crippen molar-refractivity contribution in [2.75, 3.05) is 0 Å². The van der Waals surface area contributed by atoms with Crippen LogP contribution in [0.4, 0.5) is 0 Å². The molecule has 0 saturated carbocycles. The highest BCUT2D eigenvalue weighted by molar-refractivity contribution is 6.29. The van der Waals surface area contributed by atoms with Gasteiger partial charge in [0.2, 0.25) is 6.19 Å². The fourth-order valence-electron chi connectivity index (χ4n) is 5.16. The molecule has 4 aromatic rings. The Bertz CT molecular complexity index is 1520. The average molecular weight is 408 g/mol. The minimum atomic E-state index is -0.219. The topological polar surface area (TPSA) is 72.0 Å². The zero-order valence-corrected chi connectivity index (χ0v) is 17.0. The predicted molar refractivity (Wildman–Crippen MR) is 125 cm³/mol. The number of aliphatic imine (C=N–C) groups is 1. The summed E-state index contributed by atoms with van der Waals surface area (Å²) in [5.41, 5.74) is 11.2. The third-order valence-corrected chi connectivity index (χ3v) is 6.35. The van der Waals surface area contributed by atoms with E-state index >= 15 is 0 Å². The Morgan fingerprint density at radius 1 is 0.656 bits per heavy atom. The van der Waals surface area contributed by atoms with E-state index < -0.39 is 0 Å². The van der Waals surface area contributed by atoms with Crippen LogP contribution in [0.3, 0.4) is 0 Å². The van der Waals surface area contributed by atoms with Crippen LogP contribution in [-0.2, 0) is 0 Å². The Labute approximate surface area is 185 Å². The molecule has 1 unspecified atom stereocenters. The van der Waals surface area contributed by atoms with Crippen molar-refractivity contribution >= 4 is 5.71 Å². The molecule has 0 spiro atoms. The van der Waals surface area contributed by atoms with Gasteiger partial charge in [0.1, 0.15) is 0 Å². The standard InChI is InChI=1S/C28H16N4/c29-15-31-27-21-13-7-5-11-19(21)25-23(27)14-22-18-10-4-6-12-20(18)28(32-16-30)26(22)24(25)17-8-2-1-3-9-17/h1-14,27,31H/b32-28+. The van der Waals surface area contributed by atoms with Crippen LogP contribution in [0.1, 0.15) is 28.3 Å². The molecular weight excluding hydrogens is 392 g/mol. The van der Waals surface area contributed by atoms with Crippen LogP contribution in [0, 0.1) is 22.9 Å². The van der Waals surface area contributed by atoms with Gasteiger partial charge in [-0.1, -0.05) is 78.9 Å². The molecule has 2 aliphatic rings. The number of nitrogens with zero attached hydrogens (tertiary/aromatic N) is 3. The molecule has 0 amide bonds. The summed E-state index contributed by atoms with van der Waals surface area (Å²) in [4.78, 5) is 4.28. The highest BCUT2D eigenvalue weighted by Crippen LogP contribution is 2.54. The number of fused-ring (bicyclic) bond motifs is 6. The summed E-state index contributed by atoms with van der Waals surface area (Å²) in [6.07, 6.45) is 4.17. The lowest BCUT2D eigenvalue weighted by Crippen LogP contribution is -2.14. The Hall–Kier alpha value is -4.67. The van der Waals surface area contributed by atoms with Crippen molar-refractivity contribution in [3.8, 4) is 45.8 Å².